The number of carbonyl (C=O) groups is 2. The molecule has 1 fully saturated rings. The zero-order valence-corrected chi connectivity index (χ0v) is 17.0. The number of rotatable bonds is 5. The molecule has 8 heteroatoms. The molecular weight excluding hydrogens is 390 g/mol. The van der Waals surface area contributed by atoms with E-state index in [9.17, 15) is 9.59 Å². The molecule has 7 nitrogen and oxygen atoms in total. The standard InChI is InChI=1S/C21H23N3O4S/c1-2-28-20(26)16-5-9-18(10-6-16)23-21(29)22-17-7-3-15(4-8-17)19(25)24-11-13-27-14-12-24/h3-10H,2,11-14H2,1H3,(H2,22,23,29). The zero-order chi connectivity index (χ0) is 20.6. The first kappa shape index (κ1) is 20.8. The highest BCUT2D eigenvalue weighted by molar-refractivity contribution is 7.80. The molecule has 1 heterocycles. The molecule has 0 aromatic heterocycles. The highest BCUT2D eigenvalue weighted by Crippen LogP contribution is 2.15. The predicted octanol–water partition coefficient (Wildman–Crippen LogP) is 3.14. The summed E-state index contributed by atoms with van der Waals surface area (Å²) in [5.74, 6) is -0.353. The van der Waals surface area contributed by atoms with Gasteiger partial charge in [0.1, 0.15) is 0 Å². The van der Waals surface area contributed by atoms with Gasteiger partial charge in [-0.1, -0.05) is 0 Å². The van der Waals surface area contributed by atoms with E-state index in [1.807, 2.05) is 12.1 Å². The van der Waals surface area contributed by atoms with E-state index in [1.165, 1.54) is 0 Å². The van der Waals surface area contributed by atoms with Crippen LogP contribution in [0.3, 0.4) is 0 Å². The van der Waals surface area contributed by atoms with Crippen molar-refractivity contribution < 1.29 is 19.1 Å². The summed E-state index contributed by atoms with van der Waals surface area (Å²) in [5, 5.41) is 6.54. The number of hydrogen-bond acceptors (Lipinski definition) is 5. The fourth-order valence-electron chi connectivity index (χ4n) is 2.84. The predicted molar refractivity (Wildman–Crippen MR) is 115 cm³/mol. The number of anilines is 2. The van der Waals surface area contributed by atoms with Crippen molar-refractivity contribution in [1.82, 2.24) is 4.90 Å². The highest BCUT2D eigenvalue weighted by atomic mass is 32.1. The number of benzene rings is 2. The van der Waals surface area contributed by atoms with Crippen LogP contribution >= 0.6 is 12.2 Å². The average molecular weight is 413 g/mol. The third kappa shape index (κ3) is 5.75. The molecule has 152 valence electrons. The van der Waals surface area contributed by atoms with Crippen LogP contribution in [0.15, 0.2) is 48.5 Å². The molecule has 2 aromatic carbocycles. The molecule has 1 saturated heterocycles. The Kier molecular flexibility index (Phi) is 7.15. The quantitative estimate of drug-likeness (QED) is 0.576. The van der Waals surface area contributed by atoms with Gasteiger partial charge in [0.15, 0.2) is 5.11 Å². The van der Waals surface area contributed by atoms with Crippen molar-refractivity contribution in [1.29, 1.82) is 0 Å². The van der Waals surface area contributed by atoms with Gasteiger partial charge in [-0.05, 0) is 67.7 Å². The van der Waals surface area contributed by atoms with Gasteiger partial charge in [-0.2, -0.15) is 0 Å². The topological polar surface area (TPSA) is 79.9 Å². The summed E-state index contributed by atoms with van der Waals surface area (Å²) in [6.07, 6.45) is 0. The van der Waals surface area contributed by atoms with E-state index in [-0.39, 0.29) is 11.9 Å². The molecule has 0 saturated carbocycles. The Hall–Kier alpha value is -2.97. The van der Waals surface area contributed by atoms with Crippen LogP contribution in [0.2, 0.25) is 0 Å². The molecule has 0 atom stereocenters. The molecule has 1 aliphatic heterocycles. The van der Waals surface area contributed by atoms with E-state index in [0.29, 0.717) is 49.1 Å². The Morgan fingerprint density at radius 2 is 1.48 bits per heavy atom. The summed E-state index contributed by atoms with van der Waals surface area (Å²) in [4.78, 5) is 25.9. The van der Waals surface area contributed by atoms with Crippen LogP contribution in [0.4, 0.5) is 11.4 Å². The fourth-order valence-corrected chi connectivity index (χ4v) is 3.08. The van der Waals surface area contributed by atoms with E-state index >= 15 is 0 Å². The number of esters is 1. The Morgan fingerprint density at radius 3 is 2.00 bits per heavy atom. The van der Waals surface area contributed by atoms with Crippen molar-refractivity contribution in [2.75, 3.05) is 43.5 Å². The zero-order valence-electron chi connectivity index (χ0n) is 16.1. The first-order valence-corrected chi connectivity index (χ1v) is 9.80. The van der Waals surface area contributed by atoms with E-state index in [2.05, 4.69) is 10.6 Å². The van der Waals surface area contributed by atoms with Crippen molar-refractivity contribution in [2.45, 2.75) is 6.92 Å². The van der Waals surface area contributed by atoms with Crippen molar-refractivity contribution in [3.63, 3.8) is 0 Å². The van der Waals surface area contributed by atoms with Crippen molar-refractivity contribution in [3.8, 4) is 0 Å². The number of thiocarbonyl (C=S) groups is 1. The van der Waals surface area contributed by atoms with Crippen LogP contribution in [0.1, 0.15) is 27.6 Å². The van der Waals surface area contributed by atoms with Gasteiger partial charge in [0.2, 0.25) is 0 Å². The largest absolute Gasteiger partial charge is 0.462 e. The molecule has 0 bridgehead atoms. The van der Waals surface area contributed by atoms with E-state index in [0.717, 1.165) is 11.4 Å². The maximum Gasteiger partial charge on any atom is 0.338 e. The lowest BCUT2D eigenvalue weighted by Crippen LogP contribution is -2.40. The molecule has 1 amide bonds. The van der Waals surface area contributed by atoms with Crippen LogP contribution in [-0.4, -0.2) is 54.8 Å². The summed E-state index contributed by atoms with van der Waals surface area (Å²) in [6, 6.07) is 14.0. The summed E-state index contributed by atoms with van der Waals surface area (Å²) in [6.45, 7) is 4.48. The third-order valence-electron chi connectivity index (χ3n) is 4.34. The van der Waals surface area contributed by atoms with Crippen LogP contribution < -0.4 is 10.6 Å². The van der Waals surface area contributed by atoms with Gasteiger partial charge in [-0.3, -0.25) is 4.79 Å². The van der Waals surface area contributed by atoms with E-state index in [1.54, 1.807) is 48.2 Å². The molecule has 1 aliphatic rings. The maximum atomic E-state index is 12.5. The smallest absolute Gasteiger partial charge is 0.338 e. The van der Waals surface area contributed by atoms with Crippen molar-refractivity contribution >= 4 is 40.6 Å². The van der Waals surface area contributed by atoms with Crippen LogP contribution in [0.5, 0.6) is 0 Å². The van der Waals surface area contributed by atoms with Crippen LogP contribution in [0.25, 0.3) is 0 Å². The summed E-state index contributed by atoms with van der Waals surface area (Å²) >= 11 is 5.33. The minimum Gasteiger partial charge on any atom is -0.462 e. The second-order valence-electron chi connectivity index (χ2n) is 6.36. The van der Waals surface area contributed by atoms with Crippen molar-refractivity contribution in [3.05, 3.63) is 59.7 Å². The number of nitrogens with zero attached hydrogens (tertiary/aromatic N) is 1. The second kappa shape index (κ2) is 9.99. The monoisotopic (exact) mass is 413 g/mol. The molecule has 2 N–H and O–H groups in total. The SMILES string of the molecule is CCOC(=O)c1ccc(NC(=S)Nc2ccc(C(=O)N3CCOCC3)cc2)cc1. The molecule has 2 aromatic rings. The van der Waals surface area contributed by atoms with Crippen LogP contribution in [0, 0.1) is 0 Å². The second-order valence-corrected chi connectivity index (χ2v) is 6.77. The van der Waals surface area contributed by atoms with Gasteiger partial charge >= 0.3 is 5.97 Å². The summed E-state index contributed by atoms with van der Waals surface area (Å²) in [7, 11) is 0. The maximum absolute atomic E-state index is 12.5. The number of carbonyl (C=O) groups excluding carboxylic acids is 2. The van der Waals surface area contributed by atoms with Gasteiger partial charge < -0.3 is 25.0 Å². The van der Waals surface area contributed by atoms with Gasteiger partial charge in [-0.25, -0.2) is 4.79 Å². The lowest BCUT2D eigenvalue weighted by Gasteiger charge is -2.26. The molecule has 0 radical (unpaired) electrons. The Balaban J connectivity index is 1.54. The Labute approximate surface area is 175 Å². The minimum atomic E-state index is -0.355. The summed E-state index contributed by atoms with van der Waals surface area (Å²) in [5.41, 5.74) is 2.63. The minimum absolute atomic E-state index is 0.00208. The number of nitrogens with one attached hydrogen (secondary N) is 2. The number of hydrogen-bond donors (Lipinski definition) is 2. The number of amides is 1. The first-order chi connectivity index (χ1) is 14.1. The van der Waals surface area contributed by atoms with E-state index < -0.39 is 0 Å². The fraction of sp³-hybridized carbons (Fsp3) is 0.286. The lowest BCUT2D eigenvalue weighted by molar-refractivity contribution is 0.0303. The molecule has 3 rings (SSSR count). The van der Waals surface area contributed by atoms with Gasteiger partial charge in [-0.15, -0.1) is 0 Å². The first-order valence-electron chi connectivity index (χ1n) is 9.39. The molecular formula is C21H23N3O4S. The van der Waals surface area contributed by atoms with E-state index in [4.69, 9.17) is 21.7 Å². The Bertz CT molecular complexity index is 862. The molecule has 29 heavy (non-hydrogen) atoms. The molecule has 0 spiro atoms. The third-order valence-corrected chi connectivity index (χ3v) is 4.55. The average Bonchev–Trinajstić information content (AvgIpc) is 2.75. The highest BCUT2D eigenvalue weighted by Gasteiger charge is 2.18. The van der Waals surface area contributed by atoms with Crippen LogP contribution in [-0.2, 0) is 9.47 Å². The van der Waals surface area contributed by atoms with Gasteiger partial charge in [0, 0.05) is 30.0 Å². The normalized spacial score (nSPS) is 13.5. The molecule has 0 unspecified atom stereocenters. The number of ether oxygens (including phenoxy) is 2. The van der Waals surface area contributed by atoms with Gasteiger partial charge in [0.05, 0.1) is 25.4 Å². The number of morpholine rings is 1. The summed E-state index contributed by atoms with van der Waals surface area (Å²) < 4.78 is 10.2. The lowest BCUT2D eigenvalue weighted by atomic mass is 10.1. The molecule has 0 aliphatic carbocycles. The Morgan fingerprint density at radius 1 is 0.966 bits per heavy atom. The van der Waals surface area contributed by atoms with Crippen molar-refractivity contribution in [2.24, 2.45) is 0 Å². The van der Waals surface area contributed by atoms with Gasteiger partial charge in [0.25, 0.3) is 5.91 Å².